The molecule has 0 aromatic carbocycles. The number of hydrogen-bond acceptors (Lipinski definition) is 6. The fraction of sp³-hybridized carbons (Fsp3) is 0.500. The number of nitrogens with zero attached hydrogens (tertiary/aromatic N) is 1. The Bertz CT molecular complexity index is 346. The van der Waals surface area contributed by atoms with E-state index in [1.54, 1.807) is 19.2 Å². The standard InChI is InChI=1S/C10H17N3O3/c1-12-5-7(14)10(15)9-6(11)3-4-8(13-9)16-2/h3-4,7,10,12,14-15H,5,11H2,1-2H3. The second-order valence-corrected chi connectivity index (χ2v) is 3.40. The van der Waals surface area contributed by atoms with Crippen LogP contribution < -0.4 is 15.8 Å². The van der Waals surface area contributed by atoms with Crippen LogP contribution in [0, 0.1) is 0 Å². The maximum absolute atomic E-state index is 9.83. The van der Waals surface area contributed by atoms with Crippen molar-refractivity contribution in [3.63, 3.8) is 0 Å². The summed E-state index contributed by atoms with van der Waals surface area (Å²) in [6.45, 7) is 0.250. The summed E-state index contributed by atoms with van der Waals surface area (Å²) in [6, 6.07) is 3.17. The van der Waals surface area contributed by atoms with Crippen molar-refractivity contribution in [2.75, 3.05) is 26.4 Å². The van der Waals surface area contributed by atoms with Crippen LogP contribution in [0.1, 0.15) is 11.8 Å². The van der Waals surface area contributed by atoms with Crippen LogP contribution in [-0.4, -0.2) is 42.0 Å². The van der Waals surface area contributed by atoms with Gasteiger partial charge in [0.1, 0.15) is 6.10 Å². The molecule has 0 aliphatic heterocycles. The van der Waals surface area contributed by atoms with E-state index in [0.29, 0.717) is 11.6 Å². The summed E-state index contributed by atoms with van der Waals surface area (Å²) in [5, 5.41) is 22.2. The molecule has 0 saturated heterocycles. The number of likely N-dealkylation sites (N-methyl/N-ethyl adjacent to an activating group) is 1. The van der Waals surface area contributed by atoms with Gasteiger partial charge in [0.2, 0.25) is 5.88 Å². The molecule has 6 heteroatoms. The number of anilines is 1. The van der Waals surface area contributed by atoms with E-state index in [-0.39, 0.29) is 12.2 Å². The average molecular weight is 227 g/mol. The molecule has 1 aromatic rings. The molecule has 1 aromatic heterocycles. The van der Waals surface area contributed by atoms with Crippen LogP contribution in [-0.2, 0) is 0 Å². The van der Waals surface area contributed by atoms with Crippen molar-refractivity contribution in [3.8, 4) is 5.88 Å². The van der Waals surface area contributed by atoms with Crippen LogP contribution in [0.5, 0.6) is 5.88 Å². The fourth-order valence-electron chi connectivity index (χ4n) is 1.32. The van der Waals surface area contributed by atoms with Crippen LogP contribution in [0.4, 0.5) is 5.69 Å². The number of ether oxygens (including phenoxy) is 1. The number of aliphatic hydroxyl groups is 2. The minimum Gasteiger partial charge on any atom is -0.481 e. The van der Waals surface area contributed by atoms with Crippen LogP contribution in [0.15, 0.2) is 12.1 Å². The number of rotatable bonds is 5. The van der Waals surface area contributed by atoms with Gasteiger partial charge in [-0.3, -0.25) is 0 Å². The number of pyridine rings is 1. The summed E-state index contributed by atoms with van der Waals surface area (Å²) in [7, 11) is 3.15. The van der Waals surface area contributed by atoms with E-state index in [1.807, 2.05) is 0 Å². The molecule has 0 spiro atoms. The molecule has 0 amide bonds. The van der Waals surface area contributed by atoms with Crippen molar-refractivity contribution in [2.24, 2.45) is 0 Å². The largest absolute Gasteiger partial charge is 0.481 e. The van der Waals surface area contributed by atoms with Crippen LogP contribution in [0.25, 0.3) is 0 Å². The Hall–Kier alpha value is -1.37. The predicted octanol–water partition coefficient (Wildman–Crippen LogP) is -0.714. The molecular weight excluding hydrogens is 210 g/mol. The molecule has 0 bridgehead atoms. The quantitative estimate of drug-likeness (QED) is 0.530. The minimum absolute atomic E-state index is 0.224. The van der Waals surface area contributed by atoms with Crippen molar-refractivity contribution < 1.29 is 14.9 Å². The van der Waals surface area contributed by atoms with E-state index in [1.165, 1.54) is 7.11 Å². The lowest BCUT2D eigenvalue weighted by Gasteiger charge is -2.18. The zero-order valence-electron chi connectivity index (χ0n) is 9.34. The molecule has 5 N–H and O–H groups in total. The lowest BCUT2D eigenvalue weighted by atomic mass is 10.1. The SMILES string of the molecule is CNCC(O)C(O)c1nc(OC)ccc1N. The van der Waals surface area contributed by atoms with Gasteiger partial charge in [0.25, 0.3) is 0 Å². The third-order valence-corrected chi connectivity index (χ3v) is 2.20. The maximum Gasteiger partial charge on any atom is 0.213 e. The van der Waals surface area contributed by atoms with Gasteiger partial charge in [-0.25, -0.2) is 4.98 Å². The van der Waals surface area contributed by atoms with Gasteiger partial charge in [-0.05, 0) is 13.1 Å². The van der Waals surface area contributed by atoms with Crippen LogP contribution in [0.2, 0.25) is 0 Å². The van der Waals surface area contributed by atoms with E-state index < -0.39 is 12.2 Å². The molecule has 6 nitrogen and oxygen atoms in total. The topological polar surface area (TPSA) is 101 Å². The predicted molar refractivity (Wildman–Crippen MR) is 60.1 cm³/mol. The van der Waals surface area contributed by atoms with Crippen molar-refractivity contribution in [1.29, 1.82) is 0 Å². The Morgan fingerprint density at radius 3 is 2.75 bits per heavy atom. The second-order valence-electron chi connectivity index (χ2n) is 3.40. The maximum atomic E-state index is 9.83. The Balaban J connectivity index is 2.92. The molecule has 90 valence electrons. The van der Waals surface area contributed by atoms with Gasteiger partial charge in [0.15, 0.2) is 0 Å². The highest BCUT2D eigenvalue weighted by Crippen LogP contribution is 2.23. The normalized spacial score (nSPS) is 14.5. The number of nitrogens with one attached hydrogen (secondary N) is 1. The number of nitrogen functional groups attached to an aromatic ring is 1. The van der Waals surface area contributed by atoms with Crippen molar-refractivity contribution >= 4 is 5.69 Å². The summed E-state index contributed by atoms with van der Waals surface area (Å²) < 4.78 is 4.92. The first-order chi connectivity index (χ1) is 7.60. The molecular formula is C10H17N3O3. The summed E-state index contributed by atoms with van der Waals surface area (Å²) in [5.74, 6) is 0.347. The highest BCUT2D eigenvalue weighted by molar-refractivity contribution is 5.46. The second kappa shape index (κ2) is 5.64. The van der Waals surface area contributed by atoms with Gasteiger partial charge in [-0.15, -0.1) is 0 Å². The smallest absolute Gasteiger partial charge is 0.213 e. The van der Waals surface area contributed by atoms with Gasteiger partial charge in [-0.2, -0.15) is 0 Å². The van der Waals surface area contributed by atoms with Crippen LogP contribution >= 0.6 is 0 Å². The molecule has 0 fully saturated rings. The van der Waals surface area contributed by atoms with Gasteiger partial charge in [-0.1, -0.05) is 0 Å². The fourth-order valence-corrected chi connectivity index (χ4v) is 1.32. The highest BCUT2D eigenvalue weighted by Gasteiger charge is 2.21. The first kappa shape index (κ1) is 12.7. The molecule has 2 atom stereocenters. The Kier molecular flexibility index (Phi) is 4.48. The van der Waals surface area contributed by atoms with Gasteiger partial charge < -0.3 is 26.0 Å². The number of hydrogen-bond donors (Lipinski definition) is 4. The average Bonchev–Trinajstić information content (AvgIpc) is 2.29. The number of aromatic nitrogens is 1. The summed E-state index contributed by atoms with van der Waals surface area (Å²) in [6.07, 6.45) is -2.10. The zero-order chi connectivity index (χ0) is 12.1. The lowest BCUT2D eigenvalue weighted by Crippen LogP contribution is -2.30. The third kappa shape index (κ3) is 2.82. The van der Waals surface area contributed by atoms with Gasteiger partial charge in [0.05, 0.1) is 24.6 Å². The summed E-state index contributed by atoms with van der Waals surface area (Å²) in [4.78, 5) is 4.01. The molecule has 0 radical (unpaired) electrons. The Labute approximate surface area is 94.1 Å². The van der Waals surface area contributed by atoms with Crippen LogP contribution in [0.3, 0.4) is 0 Å². The van der Waals surface area contributed by atoms with Gasteiger partial charge in [0, 0.05) is 12.6 Å². The van der Waals surface area contributed by atoms with Crippen molar-refractivity contribution in [3.05, 3.63) is 17.8 Å². The highest BCUT2D eigenvalue weighted by atomic mass is 16.5. The Morgan fingerprint density at radius 2 is 2.19 bits per heavy atom. The molecule has 16 heavy (non-hydrogen) atoms. The zero-order valence-corrected chi connectivity index (χ0v) is 9.34. The number of methoxy groups -OCH3 is 1. The van der Waals surface area contributed by atoms with Crippen molar-refractivity contribution in [1.82, 2.24) is 10.3 Å². The number of nitrogens with two attached hydrogens (primary N) is 1. The Morgan fingerprint density at radius 1 is 1.50 bits per heavy atom. The van der Waals surface area contributed by atoms with Gasteiger partial charge >= 0.3 is 0 Å². The molecule has 0 aliphatic carbocycles. The minimum atomic E-state index is -1.14. The summed E-state index contributed by atoms with van der Waals surface area (Å²) >= 11 is 0. The van der Waals surface area contributed by atoms with E-state index in [2.05, 4.69) is 10.3 Å². The molecule has 2 unspecified atom stereocenters. The van der Waals surface area contributed by atoms with Crippen molar-refractivity contribution in [2.45, 2.75) is 12.2 Å². The molecule has 0 saturated carbocycles. The summed E-state index contributed by atoms with van der Waals surface area (Å²) in [5.41, 5.74) is 6.22. The third-order valence-electron chi connectivity index (χ3n) is 2.20. The molecule has 0 aliphatic rings. The van der Waals surface area contributed by atoms with E-state index in [4.69, 9.17) is 10.5 Å². The van der Waals surface area contributed by atoms with E-state index in [9.17, 15) is 10.2 Å². The monoisotopic (exact) mass is 227 g/mol. The van der Waals surface area contributed by atoms with E-state index >= 15 is 0 Å². The first-order valence-corrected chi connectivity index (χ1v) is 4.91. The molecule has 1 heterocycles. The van der Waals surface area contributed by atoms with E-state index in [0.717, 1.165) is 0 Å². The number of aliphatic hydroxyl groups excluding tert-OH is 2. The molecule has 1 rings (SSSR count). The first-order valence-electron chi connectivity index (χ1n) is 4.91. The lowest BCUT2D eigenvalue weighted by molar-refractivity contribution is 0.0179.